The summed E-state index contributed by atoms with van der Waals surface area (Å²) in [5.74, 6) is 5.62. The Morgan fingerprint density at radius 3 is 2.43 bits per heavy atom. The molecule has 4 atom stereocenters. The van der Waals surface area contributed by atoms with Crippen LogP contribution in [0.3, 0.4) is 0 Å². The Kier molecular flexibility index (Phi) is 6.04. The van der Waals surface area contributed by atoms with Gasteiger partial charge in [0.05, 0.1) is 5.56 Å². The third-order valence-electron chi connectivity index (χ3n) is 7.04. The van der Waals surface area contributed by atoms with Crippen molar-refractivity contribution >= 4 is 0 Å². The highest BCUT2D eigenvalue weighted by Gasteiger charge is 2.35. The van der Waals surface area contributed by atoms with Crippen LogP contribution in [0, 0.1) is 54.0 Å². The molecule has 0 aromatic heterocycles. The number of rotatable bonds is 2. The highest BCUT2D eigenvalue weighted by Crippen LogP contribution is 2.48. The summed E-state index contributed by atoms with van der Waals surface area (Å²) >= 11 is 0. The number of allylic oxidation sites excluding steroid dienone is 1. The van der Waals surface area contributed by atoms with E-state index in [0.29, 0.717) is 17.4 Å². The summed E-state index contributed by atoms with van der Waals surface area (Å²) in [6, 6.07) is 7.97. The maximum Gasteiger partial charge on any atom is 0.174 e. The highest BCUT2D eigenvalue weighted by molar-refractivity contribution is 5.45. The van der Waals surface area contributed by atoms with Crippen LogP contribution in [-0.2, 0) is 0 Å². The van der Waals surface area contributed by atoms with Gasteiger partial charge in [0.15, 0.2) is 11.6 Å². The molecular weight excluding hydrogens is 381 g/mol. The number of benzene rings is 2. The van der Waals surface area contributed by atoms with Crippen LogP contribution >= 0.6 is 0 Å². The topological polar surface area (TPSA) is 0 Å². The van der Waals surface area contributed by atoms with Crippen molar-refractivity contribution < 1.29 is 13.2 Å². The second-order valence-electron chi connectivity index (χ2n) is 8.88. The molecule has 0 heterocycles. The summed E-state index contributed by atoms with van der Waals surface area (Å²) < 4.78 is 42.6. The third kappa shape index (κ3) is 4.19. The van der Waals surface area contributed by atoms with Crippen molar-refractivity contribution in [3.05, 3.63) is 82.7 Å². The standard InChI is InChI=1S/C27H27F3/c1-3-18-5-10-22-16-23(12-11-21(22)14-18)24-13-7-19(15-25(24)28)6-9-20-8-4-17(2)26(29)27(20)30/h3-4,7-8,13,15,18,21-23H,1,5,10-12,14,16H2,2H3. The molecule has 2 aliphatic rings. The molecule has 2 aromatic carbocycles. The largest absolute Gasteiger partial charge is 0.207 e. The molecular formula is C27H27F3. The first kappa shape index (κ1) is 20.8. The molecule has 0 aliphatic heterocycles. The summed E-state index contributed by atoms with van der Waals surface area (Å²) in [7, 11) is 0. The lowest BCUT2D eigenvalue weighted by Crippen LogP contribution is -2.30. The average Bonchev–Trinajstić information content (AvgIpc) is 2.76. The summed E-state index contributed by atoms with van der Waals surface area (Å²) in [5.41, 5.74) is 1.45. The fraction of sp³-hybridized carbons (Fsp3) is 0.407. The highest BCUT2D eigenvalue weighted by atomic mass is 19.2. The predicted octanol–water partition coefficient (Wildman–Crippen LogP) is 7.30. The van der Waals surface area contributed by atoms with Crippen LogP contribution in [0.1, 0.15) is 66.7 Å². The first-order valence-electron chi connectivity index (χ1n) is 10.8. The second-order valence-corrected chi connectivity index (χ2v) is 8.88. The van der Waals surface area contributed by atoms with Gasteiger partial charge in [-0.25, -0.2) is 13.2 Å². The van der Waals surface area contributed by atoms with Gasteiger partial charge in [-0.1, -0.05) is 30.0 Å². The molecule has 156 valence electrons. The van der Waals surface area contributed by atoms with Crippen LogP contribution in [0.4, 0.5) is 13.2 Å². The number of halogens is 3. The molecule has 4 rings (SSSR count). The van der Waals surface area contributed by atoms with Crippen molar-refractivity contribution in [2.75, 3.05) is 0 Å². The molecule has 0 N–H and O–H groups in total. The fourth-order valence-corrected chi connectivity index (χ4v) is 5.24. The quantitative estimate of drug-likeness (QED) is 0.361. The van der Waals surface area contributed by atoms with Gasteiger partial charge in [0.1, 0.15) is 5.82 Å². The van der Waals surface area contributed by atoms with E-state index in [0.717, 1.165) is 30.7 Å². The van der Waals surface area contributed by atoms with Gasteiger partial charge >= 0.3 is 0 Å². The van der Waals surface area contributed by atoms with E-state index in [1.54, 1.807) is 6.07 Å². The van der Waals surface area contributed by atoms with Crippen LogP contribution in [0.2, 0.25) is 0 Å². The molecule has 0 bridgehead atoms. The van der Waals surface area contributed by atoms with Gasteiger partial charge in [0.25, 0.3) is 0 Å². The van der Waals surface area contributed by atoms with Crippen molar-refractivity contribution in [3.8, 4) is 11.8 Å². The van der Waals surface area contributed by atoms with Crippen molar-refractivity contribution in [1.82, 2.24) is 0 Å². The maximum absolute atomic E-state index is 14.9. The SMILES string of the molecule is C=CC1CCC2CC(c3ccc(C#Cc4ccc(C)c(F)c4F)cc3F)CCC2C1. The van der Waals surface area contributed by atoms with Gasteiger partial charge in [0.2, 0.25) is 0 Å². The van der Waals surface area contributed by atoms with E-state index in [1.807, 2.05) is 6.07 Å². The van der Waals surface area contributed by atoms with E-state index in [4.69, 9.17) is 0 Å². The third-order valence-corrected chi connectivity index (χ3v) is 7.04. The molecule has 3 heteroatoms. The summed E-state index contributed by atoms with van der Waals surface area (Å²) in [6.45, 7) is 5.45. The van der Waals surface area contributed by atoms with E-state index in [-0.39, 0.29) is 22.9 Å². The smallest absolute Gasteiger partial charge is 0.174 e. The van der Waals surface area contributed by atoms with E-state index in [9.17, 15) is 13.2 Å². The van der Waals surface area contributed by atoms with Gasteiger partial charge in [-0.15, -0.1) is 6.58 Å². The Hall–Kier alpha value is -2.47. The number of fused-ring (bicyclic) bond motifs is 1. The van der Waals surface area contributed by atoms with Crippen molar-refractivity contribution in [2.45, 2.75) is 51.4 Å². The lowest BCUT2D eigenvalue weighted by Gasteiger charge is -2.41. The minimum atomic E-state index is -0.956. The van der Waals surface area contributed by atoms with Crippen LogP contribution < -0.4 is 0 Å². The van der Waals surface area contributed by atoms with Gasteiger partial charge in [-0.05, 0) is 98.4 Å². The minimum Gasteiger partial charge on any atom is -0.207 e. The zero-order chi connectivity index (χ0) is 21.3. The van der Waals surface area contributed by atoms with Crippen molar-refractivity contribution in [2.24, 2.45) is 17.8 Å². The molecule has 2 aliphatic carbocycles. The minimum absolute atomic E-state index is 0.0176. The second kappa shape index (κ2) is 8.72. The van der Waals surface area contributed by atoms with Gasteiger partial charge in [-0.2, -0.15) is 0 Å². The molecule has 0 saturated heterocycles. The van der Waals surface area contributed by atoms with Crippen LogP contribution in [0.15, 0.2) is 43.0 Å². The van der Waals surface area contributed by atoms with E-state index in [1.165, 1.54) is 44.4 Å². The van der Waals surface area contributed by atoms with Gasteiger partial charge in [-0.3, -0.25) is 0 Å². The van der Waals surface area contributed by atoms with E-state index < -0.39 is 11.6 Å². The molecule has 0 nitrogen and oxygen atoms in total. The van der Waals surface area contributed by atoms with Gasteiger partial charge in [0, 0.05) is 5.56 Å². The van der Waals surface area contributed by atoms with Crippen LogP contribution in [0.5, 0.6) is 0 Å². The maximum atomic E-state index is 14.9. The first-order chi connectivity index (χ1) is 14.5. The van der Waals surface area contributed by atoms with E-state index in [2.05, 4.69) is 24.5 Å². The lowest BCUT2D eigenvalue weighted by molar-refractivity contribution is 0.132. The predicted molar refractivity (Wildman–Crippen MR) is 115 cm³/mol. The normalized spacial score (nSPS) is 25.7. The molecule has 0 radical (unpaired) electrons. The molecule has 30 heavy (non-hydrogen) atoms. The Labute approximate surface area is 177 Å². The number of hydrogen-bond donors (Lipinski definition) is 0. The summed E-state index contributed by atoms with van der Waals surface area (Å²) in [4.78, 5) is 0. The van der Waals surface area contributed by atoms with Crippen LogP contribution in [-0.4, -0.2) is 0 Å². The molecule has 2 fully saturated rings. The summed E-state index contributed by atoms with van der Waals surface area (Å²) in [5, 5.41) is 0. The Morgan fingerprint density at radius 1 is 0.900 bits per heavy atom. The summed E-state index contributed by atoms with van der Waals surface area (Å²) in [6.07, 6.45) is 8.95. The van der Waals surface area contributed by atoms with Crippen LogP contribution in [0.25, 0.3) is 0 Å². The molecule has 0 amide bonds. The fourth-order valence-electron chi connectivity index (χ4n) is 5.24. The van der Waals surface area contributed by atoms with E-state index >= 15 is 0 Å². The zero-order valence-corrected chi connectivity index (χ0v) is 17.4. The Balaban J connectivity index is 1.49. The Bertz CT molecular complexity index is 1010. The molecule has 2 saturated carbocycles. The number of hydrogen-bond acceptors (Lipinski definition) is 0. The van der Waals surface area contributed by atoms with Crippen molar-refractivity contribution in [1.29, 1.82) is 0 Å². The van der Waals surface area contributed by atoms with Crippen molar-refractivity contribution in [3.63, 3.8) is 0 Å². The lowest BCUT2D eigenvalue weighted by atomic mass is 9.64. The Morgan fingerprint density at radius 2 is 1.67 bits per heavy atom. The number of aryl methyl sites for hydroxylation is 1. The first-order valence-corrected chi connectivity index (χ1v) is 10.8. The average molecular weight is 409 g/mol. The van der Waals surface area contributed by atoms with Gasteiger partial charge < -0.3 is 0 Å². The molecule has 0 spiro atoms. The molecule has 2 aromatic rings. The monoisotopic (exact) mass is 408 g/mol. The molecule has 4 unspecified atom stereocenters. The zero-order valence-electron chi connectivity index (χ0n) is 17.4.